The third-order valence-corrected chi connectivity index (χ3v) is 4.69. The lowest BCUT2D eigenvalue weighted by Crippen LogP contribution is -2.02. The maximum atomic E-state index is 11.0. The van der Waals surface area contributed by atoms with Crippen LogP contribution in [0.25, 0.3) is 0 Å². The molecular formula is C14H15BrN2O3S. The van der Waals surface area contributed by atoms with E-state index in [1.54, 1.807) is 23.5 Å². The lowest BCUT2D eigenvalue weighted by Gasteiger charge is -2.09. The lowest BCUT2D eigenvalue weighted by molar-refractivity contribution is -0.385. The van der Waals surface area contributed by atoms with E-state index in [-0.39, 0.29) is 5.69 Å². The van der Waals surface area contributed by atoms with Crippen molar-refractivity contribution in [3.05, 3.63) is 49.1 Å². The van der Waals surface area contributed by atoms with E-state index in [1.807, 2.05) is 18.4 Å². The van der Waals surface area contributed by atoms with Gasteiger partial charge in [-0.25, -0.2) is 0 Å². The van der Waals surface area contributed by atoms with Crippen molar-refractivity contribution >= 4 is 38.6 Å². The minimum atomic E-state index is -0.426. The Balaban J connectivity index is 2.13. The van der Waals surface area contributed by atoms with Crippen LogP contribution in [-0.4, -0.2) is 11.5 Å². The first kappa shape index (κ1) is 15.8. The Morgan fingerprint density at radius 1 is 1.43 bits per heavy atom. The number of benzene rings is 1. The summed E-state index contributed by atoms with van der Waals surface area (Å²) in [6, 6.07) is 6.83. The van der Waals surface area contributed by atoms with Crippen LogP contribution in [-0.2, 0) is 6.54 Å². The maximum absolute atomic E-state index is 11.0. The molecule has 112 valence electrons. The number of hydrogen-bond acceptors (Lipinski definition) is 5. The van der Waals surface area contributed by atoms with Crippen LogP contribution >= 0.6 is 27.3 Å². The molecule has 0 atom stereocenters. The fourth-order valence-electron chi connectivity index (χ4n) is 1.74. The highest BCUT2D eigenvalue weighted by atomic mass is 79.9. The van der Waals surface area contributed by atoms with Gasteiger partial charge in [0.1, 0.15) is 0 Å². The van der Waals surface area contributed by atoms with E-state index in [2.05, 4.69) is 21.2 Å². The minimum Gasteiger partial charge on any atom is -0.487 e. The summed E-state index contributed by atoms with van der Waals surface area (Å²) < 4.78 is 6.52. The zero-order valence-electron chi connectivity index (χ0n) is 11.5. The Morgan fingerprint density at radius 3 is 2.86 bits per heavy atom. The van der Waals surface area contributed by atoms with Gasteiger partial charge >= 0.3 is 5.69 Å². The highest BCUT2D eigenvalue weighted by molar-refractivity contribution is 9.10. The minimum absolute atomic E-state index is 0.00805. The summed E-state index contributed by atoms with van der Waals surface area (Å²) in [5.74, 6) is 0.303. The molecule has 7 heteroatoms. The number of thiophene rings is 1. The van der Waals surface area contributed by atoms with E-state index in [0.717, 1.165) is 16.6 Å². The zero-order chi connectivity index (χ0) is 15.2. The molecule has 0 fully saturated rings. The van der Waals surface area contributed by atoms with Gasteiger partial charge in [-0.15, -0.1) is 11.3 Å². The average molecular weight is 371 g/mol. The molecule has 0 saturated carbocycles. The third kappa shape index (κ3) is 4.18. The molecule has 1 aromatic heterocycles. The van der Waals surface area contributed by atoms with Gasteiger partial charge in [0.25, 0.3) is 0 Å². The maximum Gasteiger partial charge on any atom is 0.311 e. The van der Waals surface area contributed by atoms with Crippen molar-refractivity contribution in [3.8, 4) is 5.75 Å². The molecule has 5 nitrogen and oxygen atoms in total. The van der Waals surface area contributed by atoms with Crippen molar-refractivity contribution in [2.75, 3.05) is 11.9 Å². The second kappa shape index (κ2) is 7.42. The van der Waals surface area contributed by atoms with Crippen LogP contribution < -0.4 is 10.1 Å². The summed E-state index contributed by atoms with van der Waals surface area (Å²) in [6.45, 7) is 3.08. The van der Waals surface area contributed by atoms with Gasteiger partial charge in [0.2, 0.25) is 0 Å². The number of nitrogens with one attached hydrogen (secondary N) is 1. The molecular weight excluding hydrogens is 356 g/mol. The normalized spacial score (nSPS) is 10.4. The van der Waals surface area contributed by atoms with Crippen LogP contribution in [0.5, 0.6) is 5.75 Å². The largest absolute Gasteiger partial charge is 0.487 e. The molecule has 0 aliphatic heterocycles. The Bertz CT molecular complexity index is 630. The number of nitro groups is 1. The van der Waals surface area contributed by atoms with Crippen molar-refractivity contribution in [3.63, 3.8) is 0 Å². The van der Waals surface area contributed by atoms with Crippen LogP contribution in [0.2, 0.25) is 0 Å². The SMILES string of the molecule is CCCOc1cc(NCc2sccc2Br)ccc1[N+](=O)[O-]. The van der Waals surface area contributed by atoms with E-state index in [4.69, 9.17) is 4.74 Å². The van der Waals surface area contributed by atoms with Crippen molar-refractivity contribution in [1.82, 2.24) is 0 Å². The van der Waals surface area contributed by atoms with Crippen LogP contribution in [0.3, 0.4) is 0 Å². The molecule has 2 aromatic rings. The van der Waals surface area contributed by atoms with Crippen LogP contribution in [0.15, 0.2) is 34.1 Å². The summed E-state index contributed by atoms with van der Waals surface area (Å²) in [4.78, 5) is 11.7. The number of hydrogen-bond donors (Lipinski definition) is 1. The molecule has 0 amide bonds. The monoisotopic (exact) mass is 370 g/mol. The summed E-state index contributed by atoms with van der Waals surface area (Å²) >= 11 is 5.12. The first-order valence-electron chi connectivity index (χ1n) is 6.48. The average Bonchev–Trinajstić information content (AvgIpc) is 2.88. The van der Waals surface area contributed by atoms with Gasteiger partial charge in [-0.2, -0.15) is 0 Å². The topological polar surface area (TPSA) is 64.4 Å². The fourth-order valence-corrected chi connectivity index (χ4v) is 3.17. The van der Waals surface area contributed by atoms with Crippen molar-refractivity contribution < 1.29 is 9.66 Å². The first-order valence-corrected chi connectivity index (χ1v) is 8.16. The molecule has 0 spiro atoms. The van der Waals surface area contributed by atoms with E-state index in [0.29, 0.717) is 18.9 Å². The number of halogens is 1. The van der Waals surface area contributed by atoms with Gasteiger partial charge in [-0.3, -0.25) is 10.1 Å². The van der Waals surface area contributed by atoms with E-state index in [1.165, 1.54) is 10.9 Å². The van der Waals surface area contributed by atoms with Gasteiger partial charge in [-0.05, 0) is 39.9 Å². The predicted octanol–water partition coefficient (Wildman–Crippen LogP) is 4.82. The molecule has 0 unspecified atom stereocenters. The molecule has 1 heterocycles. The molecule has 0 saturated heterocycles. The van der Waals surface area contributed by atoms with E-state index < -0.39 is 4.92 Å². The fraction of sp³-hybridized carbons (Fsp3) is 0.286. The smallest absolute Gasteiger partial charge is 0.311 e. The third-order valence-electron chi connectivity index (χ3n) is 2.76. The van der Waals surface area contributed by atoms with Gasteiger partial charge in [-0.1, -0.05) is 6.92 Å². The molecule has 0 bridgehead atoms. The summed E-state index contributed by atoms with van der Waals surface area (Å²) in [7, 11) is 0. The lowest BCUT2D eigenvalue weighted by atomic mass is 10.2. The first-order chi connectivity index (χ1) is 10.1. The van der Waals surface area contributed by atoms with Crippen molar-refractivity contribution in [1.29, 1.82) is 0 Å². The van der Waals surface area contributed by atoms with Gasteiger partial charge in [0.15, 0.2) is 5.75 Å². The van der Waals surface area contributed by atoms with Crippen LogP contribution in [0, 0.1) is 10.1 Å². The highest BCUT2D eigenvalue weighted by Crippen LogP contribution is 2.31. The van der Waals surface area contributed by atoms with Crippen molar-refractivity contribution in [2.45, 2.75) is 19.9 Å². The second-order valence-corrected chi connectivity index (χ2v) is 6.19. The molecule has 1 N–H and O–H groups in total. The Morgan fingerprint density at radius 2 is 2.24 bits per heavy atom. The molecule has 0 aliphatic carbocycles. The number of anilines is 1. The molecule has 21 heavy (non-hydrogen) atoms. The summed E-state index contributed by atoms with van der Waals surface area (Å²) in [6.07, 6.45) is 0.803. The summed E-state index contributed by atoms with van der Waals surface area (Å²) in [5, 5.41) is 16.2. The van der Waals surface area contributed by atoms with E-state index >= 15 is 0 Å². The van der Waals surface area contributed by atoms with Gasteiger partial charge in [0, 0.05) is 27.2 Å². The molecule has 1 aromatic carbocycles. The van der Waals surface area contributed by atoms with Crippen LogP contribution in [0.4, 0.5) is 11.4 Å². The predicted molar refractivity (Wildman–Crippen MR) is 88.2 cm³/mol. The Kier molecular flexibility index (Phi) is 5.58. The molecule has 2 rings (SSSR count). The summed E-state index contributed by atoms with van der Waals surface area (Å²) in [5.41, 5.74) is 0.790. The zero-order valence-corrected chi connectivity index (χ0v) is 13.9. The Labute approximate surface area is 135 Å². The quantitative estimate of drug-likeness (QED) is 0.560. The number of nitrogens with zero attached hydrogens (tertiary/aromatic N) is 1. The Hall–Kier alpha value is -1.60. The van der Waals surface area contributed by atoms with E-state index in [9.17, 15) is 10.1 Å². The molecule has 0 aliphatic rings. The van der Waals surface area contributed by atoms with Gasteiger partial charge in [0.05, 0.1) is 18.1 Å². The van der Waals surface area contributed by atoms with Crippen molar-refractivity contribution in [2.24, 2.45) is 0 Å². The number of rotatable bonds is 7. The van der Waals surface area contributed by atoms with Crippen LogP contribution in [0.1, 0.15) is 18.2 Å². The molecule has 0 radical (unpaired) electrons. The number of ether oxygens (including phenoxy) is 1. The standard InChI is InChI=1S/C14H15BrN2O3S/c1-2-6-20-13-8-10(3-4-12(13)17(18)19)16-9-14-11(15)5-7-21-14/h3-5,7-8,16H,2,6,9H2,1H3. The number of nitro benzene ring substituents is 1. The second-order valence-electron chi connectivity index (χ2n) is 4.33. The highest BCUT2D eigenvalue weighted by Gasteiger charge is 2.15. The van der Waals surface area contributed by atoms with Gasteiger partial charge < -0.3 is 10.1 Å².